The van der Waals surface area contributed by atoms with Gasteiger partial charge < -0.3 is 5.32 Å². The van der Waals surface area contributed by atoms with Crippen molar-refractivity contribution in [3.63, 3.8) is 0 Å². The summed E-state index contributed by atoms with van der Waals surface area (Å²) in [5.41, 5.74) is 5.04. The van der Waals surface area contributed by atoms with Gasteiger partial charge in [-0.15, -0.1) is 11.8 Å². The largest absolute Gasteiger partial charge is 0.322 e. The smallest absolute Gasteiger partial charge is 0.257 e. The number of aryl methyl sites for hydroxylation is 2. The molecule has 4 rings (SSSR count). The fraction of sp³-hybridized carbons (Fsp3) is 0.167. The number of hydrogen-bond acceptors (Lipinski definition) is 3. The minimum Gasteiger partial charge on any atom is -0.322 e. The number of thioether (sulfide) groups is 1. The third-order valence-electron chi connectivity index (χ3n) is 5.09. The average molecular weight is 471 g/mol. The molecule has 1 N–H and O–H groups in total. The minimum atomic E-state index is -0.319. The number of nitrogens with one attached hydrogen (secondary N) is 1. The van der Waals surface area contributed by atoms with E-state index >= 15 is 0 Å². The van der Waals surface area contributed by atoms with Crippen molar-refractivity contribution in [1.29, 1.82) is 0 Å². The zero-order chi connectivity index (χ0) is 22.1. The van der Waals surface area contributed by atoms with Crippen LogP contribution in [0, 0.1) is 13.8 Å². The molecule has 1 heterocycles. The maximum Gasteiger partial charge on any atom is 0.257 e. The summed E-state index contributed by atoms with van der Waals surface area (Å²) in [7, 11) is 0. The lowest BCUT2D eigenvalue weighted by atomic mass is 10.1. The highest BCUT2D eigenvalue weighted by Crippen LogP contribution is 2.43. The molecule has 0 bridgehead atoms. The molecule has 0 saturated carbocycles. The molecule has 1 aliphatic heterocycles. The molecule has 1 saturated heterocycles. The van der Waals surface area contributed by atoms with E-state index in [1.165, 1.54) is 6.07 Å². The predicted octanol–water partition coefficient (Wildman–Crippen LogP) is 6.64. The number of carbonyl (C=O) groups is 2. The van der Waals surface area contributed by atoms with Gasteiger partial charge in [-0.2, -0.15) is 0 Å². The number of carbonyl (C=O) groups excluding carboxylic acids is 2. The highest BCUT2D eigenvalue weighted by atomic mass is 35.5. The van der Waals surface area contributed by atoms with Gasteiger partial charge in [0.25, 0.3) is 5.91 Å². The van der Waals surface area contributed by atoms with E-state index in [4.69, 9.17) is 23.2 Å². The molecule has 1 atom stereocenters. The molecule has 2 amide bonds. The van der Waals surface area contributed by atoms with E-state index in [2.05, 4.69) is 11.4 Å². The summed E-state index contributed by atoms with van der Waals surface area (Å²) in [6, 6.07) is 18.4. The van der Waals surface area contributed by atoms with Crippen molar-refractivity contribution >= 4 is 58.2 Å². The summed E-state index contributed by atoms with van der Waals surface area (Å²) in [4.78, 5) is 27.2. The molecule has 3 aromatic carbocycles. The zero-order valence-corrected chi connectivity index (χ0v) is 19.3. The molecule has 4 nitrogen and oxygen atoms in total. The SMILES string of the molecule is Cc1ccc(N2C(=O)CS[C@@H]2c2cccc(NC(=O)c3ccc(Cl)cc3Cl)c2)c(C)c1. The first-order chi connectivity index (χ1) is 14.8. The van der Waals surface area contributed by atoms with Crippen molar-refractivity contribution in [3.05, 3.63) is 93.0 Å². The van der Waals surface area contributed by atoms with Crippen molar-refractivity contribution in [2.75, 3.05) is 16.0 Å². The van der Waals surface area contributed by atoms with Crippen molar-refractivity contribution in [2.24, 2.45) is 0 Å². The van der Waals surface area contributed by atoms with Crippen LogP contribution < -0.4 is 10.2 Å². The summed E-state index contributed by atoms with van der Waals surface area (Å²) in [6.07, 6.45) is 0. The fourth-order valence-corrected chi connectivity index (χ4v) is 5.30. The van der Waals surface area contributed by atoms with Crippen molar-refractivity contribution < 1.29 is 9.59 Å². The first kappa shape index (κ1) is 21.8. The van der Waals surface area contributed by atoms with Crippen LogP contribution >= 0.6 is 35.0 Å². The van der Waals surface area contributed by atoms with Gasteiger partial charge in [-0.1, -0.05) is 53.0 Å². The van der Waals surface area contributed by atoms with E-state index in [0.717, 1.165) is 22.4 Å². The molecule has 158 valence electrons. The van der Waals surface area contributed by atoms with Gasteiger partial charge in [0.15, 0.2) is 0 Å². The zero-order valence-electron chi connectivity index (χ0n) is 17.0. The Labute approximate surface area is 195 Å². The number of rotatable bonds is 4. The van der Waals surface area contributed by atoms with Crippen molar-refractivity contribution in [2.45, 2.75) is 19.2 Å². The van der Waals surface area contributed by atoms with Crippen LogP contribution in [-0.4, -0.2) is 17.6 Å². The van der Waals surface area contributed by atoms with Crippen LogP contribution in [0.5, 0.6) is 0 Å². The molecule has 0 radical (unpaired) electrons. The number of hydrogen-bond donors (Lipinski definition) is 1. The molecule has 31 heavy (non-hydrogen) atoms. The summed E-state index contributed by atoms with van der Waals surface area (Å²) < 4.78 is 0. The lowest BCUT2D eigenvalue weighted by Crippen LogP contribution is -2.28. The van der Waals surface area contributed by atoms with E-state index in [9.17, 15) is 9.59 Å². The predicted molar refractivity (Wildman–Crippen MR) is 129 cm³/mol. The second-order valence-electron chi connectivity index (χ2n) is 7.42. The Morgan fingerprint density at radius 1 is 1.06 bits per heavy atom. The van der Waals surface area contributed by atoms with Crippen molar-refractivity contribution in [1.82, 2.24) is 0 Å². The Bertz CT molecular complexity index is 1180. The van der Waals surface area contributed by atoms with Gasteiger partial charge in [0.2, 0.25) is 5.91 Å². The molecular weight excluding hydrogens is 451 g/mol. The van der Waals surface area contributed by atoms with Gasteiger partial charge in [0.1, 0.15) is 5.37 Å². The summed E-state index contributed by atoms with van der Waals surface area (Å²) in [5, 5.41) is 3.49. The number of halogens is 2. The van der Waals surface area contributed by atoms with E-state index in [1.54, 1.807) is 23.9 Å². The van der Waals surface area contributed by atoms with Crippen LogP contribution in [0.4, 0.5) is 11.4 Å². The van der Waals surface area contributed by atoms with Gasteiger partial charge in [0.05, 0.1) is 16.3 Å². The van der Waals surface area contributed by atoms with E-state index in [0.29, 0.717) is 27.0 Å². The lowest BCUT2D eigenvalue weighted by molar-refractivity contribution is -0.115. The van der Waals surface area contributed by atoms with Crippen molar-refractivity contribution in [3.8, 4) is 0 Å². The van der Waals surface area contributed by atoms with E-state index < -0.39 is 0 Å². The fourth-order valence-electron chi connectivity index (χ4n) is 3.65. The number of anilines is 2. The monoisotopic (exact) mass is 470 g/mol. The van der Waals surface area contributed by atoms with Gasteiger partial charge in [-0.25, -0.2) is 0 Å². The molecule has 0 spiro atoms. The van der Waals surface area contributed by atoms with Crippen LogP contribution in [0.3, 0.4) is 0 Å². The minimum absolute atomic E-state index is 0.0735. The topological polar surface area (TPSA) is 49.4 Å². The Kier molecular flexibility index (Phi) is 6.28. The van der Waals surface area contributed by atoms with Gasteiger partial charge in [-0.3, -0.25) is 14.5 Å². The maximum absolute atomic E-state index is 12.7. The quantitative estimate of drug-likeness (QED) is 0.464. The Morgan fingerprint density at radius 2 is 1.87 bits per heavy atom. The number of benzene rings is 3. The molecule has 3 aromatic rings. The van der Waals surface area contributed by atoms with Crippen LogP contribution in [0.1, 0.15) is 32.4 Å². The first-order valence-corrected chi connectivity index (χ1v) is 11.5. The normalized spacial score (nSPS) is 15.9. The summed E-state index contributed by atoms with van der Waals surface area (Å²) >= 11 is 13.7. The highest BCUT2D eigenvalue weighted by Gasteiger charge is 2.34. The number of nitrogens with zero attached hydrogens (tertiary/aromatic N) is 1. The van der Waals surface area contributed by atoms with E-state index in [1.807, 2.05) is 55.1 Å². The first-order valence-electron chi connectivity index (χ1n) is 9.71. The number of amides is 2. The van der Waals surface area contributed by atoms with Gasteiger partial charge >= 0.3 is 0 Å². The van der Waals surface area contributed by atoms with E-state index in [-0.39, 0.29) is 17.2 Å². The second kappa shape index (κ2) is 8.95. The van der Waals surface area contributed by atoms with Gasteiger partial charge in [0, 0.05) is 16.4 Å². The second-order valence-corrected chi connectivity index (χ2v) is 9.33. The molecule has 7 heteroatoms. The Hall–Kier alpha value is -2.47. The maximum atomic E-state index is 12.7. The highest BCUT2D eigenvalue weighted by molar-refractivity contribution is 8.00. The standard InChI is InChI=1S/C24H20Cl2N2O2S/c1-14-6-9-21(15(2)10-14)28-22(29)13-31-24(28)16-4-3-5-18(11-16)27-23(30)19-8-7-17(25)12-20(19)26/h3-12,24H,13H2,1-2H3,(H,27,30)/t24-/m1/s1. The van der Waals surface area contributed by atoms with Crippen LogP contribution in [0.25, 0.3) is 0 Å². The summed E-state index contributed by atoms with van der Waals surface area (Å²) in [5.74, 6) is 0.166. The third kappa shape index (κ3) is 4.59. The lowest BCUT2D eigenvalue weighted by Gasteiger charge is -2.26. The molecule has 1 fully saturated rings. The average Bonchev–Trinajstić information content (AvgIpc) is 3.09. The molecule has 0 aromatic heterocycles. The molecule has 1 aliphatic rings. The molecule has 0 aliphatic carbocycles. The molecular formula is C24H20Cl2N2O2S. The third-order valence-corrected chi connectivity index (χ3v) is 6.85. The van der Waals surface area contributed by atoms with Crippen LogP contribution in [-0.2, 0) is 4.79 Å². The van der Waals surface area contributed by atoms with Crippen LogP contribution in [0.15, 0.2) is 60.7 Å². The Balaban J connectivity index is 1.61. The van der Waals surface area contributed by atoms with Crippen LogP contribution in [0.2, 0.25) is 10.0 Å². The molecule has 0 unspecified atom stereocenters. The Morgan fingerprint density at radius 3 is 2.61 bits per heavy atom. The summed E-state index contributed by atoms with van der Waals surface area (Å²) in [6.45, 7) is 4.05. The van der Waals surface area contributed by atoms with Gasteiger partial charge in [-0.05, 0) is 61.4 Å².